The lowest BCUT2D eigenvalue weighted by Crippen LogP contribution is -2.13. The van der Waals surface area contributed by atoms with Crippen molar-refractivity contribution in [2.24, 2.45) is 0 Å². The Labute approximate surface area is 180 Å². The van der Waals surface area contributed by atoms with E-state index in [1.54, 1.807) is 44.2 Å². The van der Waals surface area contributed by atoms with Gasteiger partial charge in [-0.3, -0.25) is 4.79 Å². The predicted molar refractivity (Wildman–Crippen MR) is 119 cm³/mol. The van der Waals surface area contributed by atoms with Crippen LogP contribution in [0.3, 0.4) is 0 Å². The molecule has 1 unspecified atom stereocenters. The van der Waals surface area contributed by atoms with Gasteiger partial charge in [0.2, 0.25) is 5.30 Å². The molecule has 29 heavy (non-hydrogen) atoms. The lowest BCUT2D eigenvalue weighted by molar-refractivity contribution is 0.103. The molecule has 1 atom stereocenters. The van der Waals surface area contributed by atoms with Crippen molar-refractivity contribution in [2.45, 2.75) is 20.8 Å². The predicted octanol–water partition coefficient (Wildman–Crippen LogP) is 6.44. The second-order valence-corrected chi connectivity index (χ2v) is 9.05. The van der Waals surface area contributed by atoms with Crippen LogP contribution in [0.4, 0.5) is 0 Å². The van der Waals surface area contributed by atoms with E-state index in [1.165, 1.54) is 12.1 Å². The van der Waals surface area contributed by atoms with E-state index in [9.17, 15) is 14.2 Å². The molecule has 146 valence electrons. The summed E-state index contributed by atoms with van der Waals surface area (Å²) in [6, 6.07) is 15.3. The Balaban J connectivity index is 2.08. The summed E-state index contributed by atoms with van der Waals surface area (Å²) < 4.78 is 13.2. The van der Waals surface area contributed by atoms with Crippen molar-refractivity contribution < 1.29 is 14.2 Å². The minimum absolute atomic E-state index is 0.00510. The van der Waals surface area contributed by atoms with Gasteiger partial charge in [-0.2, -0.15) is 0 Å². The number of hydrogen-bond donors (Lipinski definition) is 0. The molecule has 0 N–H and O–H groups in total. The van der Waals surface area contributed by atoms with Crippen molar-refractivity contribution in [1.29, 1.82) is 0 Å². The molecule has 6 heteroatoms. The number of rotatable bonds is 5. The van der Waals surface area contributed by atoms with E-state index >= 15 is 0 Å². The van der Waals surface area contributed by atoms with Crippen LogP contribution in [0.2, 0.25) is 10.0 Å². The number of ketones is 1. The van der Waals surface area contributed by atoms with Gasteiger partial charge in [0.1, 0.15) is 5.02 Å². The minimum Gasteiger partial charge on any atom is -0.289 e. The fourth-order valence-electron chi connectivity index (χ4n) is 3.37. The zero-order chi connectivity index (χ0) is 21.3. The molecule has 0 aliphatic rings. The van der Waals surface area contributed by atoms with Crippen LogP contribution in [0.15, 0.2) is 54.6 Å². The van der Waals surface area contributed by atoms with Gasteiger partial charge in [0.15, 0.2) is 5.78 Å². The normalized spacial score (nSPS) is 11.3. The highest BCUT2D eigenvalue weighted by atomic mass is 35.5. The zero-order valence-corrected chi connectivity index (χ0v) is 18.5. The van der Waals surface area contributed by atoms with Gasteiger partial charge in [-0.05, 0) is 44.0 Å². The summed E-state index contributed by atoms with van der Waals surface area (Å²) >= 11 is 12.7. The summed E-state index contributed by atoms with van der Waals surface area (Å²) in [5.74, 6) is -0.327. The van der Waals surface area contributed by atoms with Crippen LogP contribution in [0.25, 0.3) is 0 Å². The molecule has 0 saturated heterocycles. The average molecular weight is 444 g/mol. The van der Waals surface area contributed by atoms with Crippen LogP contribution < -0.4 is 5.30 Å². The molecule has 0 aliphatic heterocycles. The minimum atomic E-state index is -2.61. The van der Waals surface area contributed by atoms with Crippen LogP contribution >= 0.6 is 31.0 Å². The smallest absolute Gasteiger partial charge is 0.289 e. The summed E-state index contributed by atoms with van der Waals surface area (Å²) in [6.45, 7) is 5.53. The quantitative estimate of drug-likeness (QED) is 0.336. The maximum atomic E-state index is 13.2. The van der Waals surface area contributed by atoms with E-state index in [0.29, 0.717) is 11.1 Å². The third kappa shape index (κ3) is 4.18. The standard InChI is InChI=1S/C23H18Cl2O3P/c1-13-11-14(2)19(15(3)12-13)23(27)29(28)22-18(24)10-9-17(20(22)25)21(26)16-7-5-4-6-8-16/h4-12H,1-3H3/q+1. The molecule has 0 aliphatic carbocycles. The number of carbonyl (C=O) groups is 2. The number of benzene rings is 3. The third-order valence-corrected chi connectivity index (χ3v) is 7.06. The summed E-state index contributed by atoms with van der Waals surface area (Å²) in [6.07, 6.45) is 0. The largest absolute Gasteiger partial charge is 0.461 e. The maximum Gasteiger partial charge on any atom is 0.461 e. The molecule has 3 rings (SSSR count). The Morgan fingerprint density at radius 1 is 0.862 bits per heavy atom. The highest BCUT2D eigenvalue weighted by molar-refractivity contribution is 7.72. The zero-order valence-electron chi connectivity index (χ0n) is 16.1. The second-order valence-electron chi connectivity index (χ2n) is 6.83. The second kappa shape index (κ2) is 8.59. The molecular weight excluding hydrogens is 426 g/mol. The van der Waals surface area contributed by atoms with Crippen LogP contribution in [-0.4, -0.2) is 11.3 Å². The maximum absolute atomic E-state index is 13.2. The topological polar surface area (TPSA) is 51.2 Å². The first-order valence-electron chi connectivity index (χ1n) is 8.89. The number of halogens is 2. The van der Waals surface area contributed by atoms with E-state index in [-0.39, 0.29) is 26.7 Å². The van der Waals surface area contributed by atoms with E-state index in [1.807, 2.05) is 19.1 Å². The average Bonchev–Trinajstić information content (AvgIpc) is 2.67. The van der Waals surface area contributed by atoms with Crippen molar-refractivity contribution in [2.75, 3.05) is 0 Å². The summed E-state index contributed by atoms with van der Waals surface area (Å²) in [5.41, 5.74) is 2.92. The van der Waals surface area contributed by atoms with E-state index < -0.39 is 13.3 Å². The summed E-state index contributed by atoms with van der Waals surface area (Å²) in [7, 11) is -2.61. The van der Waals surface area contributed by atoms with Gasteiger partial charge < -0.3 is 0 Å². The monoisotopic (exact) mass is 443 g/mol. The molecule has 3 aromatic carbocycles. The highest BCUT2D eigenvalue weighted by Crippen LogP contribution is 2.37. The van der Waals surface area contributed by atoms with Crippen LogP contribution in [0, 0.1) is 20.8 Å². The summed E-state index contributed by atoms with van der Waals surface area (Å²) in [5, 5.41) is 0.0363. The molecule has 0 radical (unpaired) electrons. The van der Waals surface area contributed by atoms with Gasteiger partial charge in [-0.15, -0.1) is 0 Å². The van der Waals surface area contributed by atoms with Crippen molar-refractivity contribution in [3.63, 3.8) is 0 Å². The molecule has 3 nitrogen and oxygen atoms in total. The van der Waals surface area contributed by atoms with Crippen LogP contribution in [-0.2, 0) is 4.57 Å². The van der Waals surface area contributed by atoms with E-state index in [4.69, 9.17) is 23.2 Å². The first-order valence-corrected chi connectivity index (χ1v) is 10.9. The Bertz CT molecular complexity index is 1130. The Kier molecular flexibility index (Phi) is 6.33. The van der Waals surface area contributed by atoms with Crippen molar-refractivity contribution >= 4 is 47.6 Å². The molecular formula is C23H18Cl2O3P+. The van der Waals surface area contributed by atoms with Crippen molar-refractivity contribution in [3.8, 4) is 0 Å². The molecule has 0 amide bonds. The molecule has 0 aromatic heterocycles. The fourth-order valence-corrected chi connectivity index (χ4v) is 5.61. The van der Waals surface area contributed by atoms with E-state index in [0.717, 1.165) is 16.7 Å². The molecule has 0 bridgehead atoms. The third-order valence-electron chi connectivity index (χ3n) is 4.63. The van der Waals surface area contributed by atoms with Crippen LogP contribution in [0.1, 0.15) is 43.0 Å². The van der Waals surface area contributed by atoms with Crippen LogP contribution in [0.5, 0.6) is 0 Å². The van der Waals surface area contributed by atoms with Gasteiger partial charge >= 0.3 is 13.3 Å². The number of hydrogen-bond acceptors (Lipinski definition) is 3. The van der Waals surface area contributed by atoms with Gasteiger partial charge in [0.05, 0.1) is 10.6 Å². The molecule has 3 aromatic rings. The lowest BCUT2D eigenvalue weighted by atomic mass is 10.0. The first kappa shape index (κ1) is 21.4. The van der Waals surface area contributed by atoms with Crippen molar-refractivity contribution in [1.82, 2.24) is 0 Å². The lowest BCUT2D eigenvalue weighted by Gasteiger charge is -2.07. The molecule has 0 fully saturated rings. The van der Waals surface area contributed by atoms with E-state index in [2.05, 4.69) is 0 Å². The molecule has 0 heterocycles. The fraction of sp³-hybridized carbons (Fsp3) is 0.130. The Morgan fingerprint density at radius 3 is 2.03 bits per heavy atom. The SMILES string of the molecule is Cc1cc(C)c(C(=O)[P+](=O)c2c(Cl)ccc(C(=O)c3ccccc3)c2Cl)c(C)c1. The Morgan fingerprint density at radius 2 is 1.45 bits per heavy atom. The molecule has 0 saturated carbocycles. The first-order chi connectivity index (χ1) is 13.7. The van der Waals surface area contributed by atoms with Gasteiger partial charge in [0, 0.05) is 11.1 Å². The summed E-state index contributed by atoms with van der Waals surface area (Å²) in [4.78, 5) is 25.9. The van der Waals surface area contributed by atoms with Crippen molar-refractivity contribution in [3.05, 3.63) is 98.0 Å². The Hall–Kier alpha value is -2.32. The highest BCUT2D eigenvalue weighted by Gasteiger charge is 2.40. The van der Waals surface area contributed by atoms with Gasteiger partial charge in [0.25, 0.3) is 0 Å². The van der Waals surface area contributed by atoms with Gasteiger partial charge in [-0.1, -0.05) is 75.8 Å². The number of aryl methyl sites for hydroxylation is 3. The number of carbonyl (C=O) groups excluding carboxylic acids is 2. The molecule has 0 spiro atoms. The van der Waals surface area contributed by atoms with Gasteiger partial charge in [-0.25, -0.2) is 4.79 Å².